The van der Waals surface area contributed by atoms with Gasteiger partial charge in [-0.3, -0.25) is 25.7 Å². The Bertz CT molecular complexity index is 4250. The Labute approximate surface area is 631 Å². The van der Waals surface area contributed by atoms with Gasteiger partial charge in [0, 0.05) is 14.0 Å². The summed E-state index contributed by atoms with van der Waals surface area (Å²) in [6, 6.07) is -8.92. The highest BCUT2D eigenvalue weighted by molar-refractivity contribution is 7.84. The lowest BCUT2D eigenvalue weighted by atomic mass is 9.94. The molecule has 0 saturated carbocycles. The summed E-state index contributed by atoms with van der Waals surface area (Å²) in [6.07, 6.45) is -88.7. The number of carbonyl (C=O) groups excluding carboxylic acids is 5. The van der Waals surface area contributed by atoms with Gasteiger partial charge in [-0.2, -0.15) is 0 Å². The lowest BCUT2D eigenvalue weighted by Crippen LogP contribution is -2.72. The van der Waals surface area contributed by atoms with Gasteiger partial charge in [-0.05, 0) is 6.08 Å². The Hall–Kier alpha value is -4.90. The summed E-state index contributed by atoms with van der Waals surface area (Å²) in [5, 5.41) is 153. The van der Waals surface area contributed by atoms with Gasteiger partial charge in [0.05, 0.1) is 37.7 Å². The fourth-order valence-corrected chi connectivity index (χ4v) is 14.7. The number of methoxy groups -OCH3 is 1. The predicted octanol–water partition coefficient (Wildman–Crippen LogP) is -23.8. The number of carbonyl (C=O) groups is 5. The van der Waals surface area contributed by atoms with Crippen LogP contribution in [0.15, 0.2) is 11.8 Å². The molecule has 33 atom stereocenters. The molecule has 61 nitrogen and oxygen atoms in total. The summed E-state index contributed by atoms with van der Waals surface area (Å²) in [5.74, 6) is -12.8. The van der Waals surface area contributed by atoms with Crippen LogP contribution in [0.5, 0.6) is 0 Å². The number of carboxylic acid groups (broad SMARTS) is 4. The van der Waals surface area contributed by atoms with E-state index in [2.05, 4.69) is 20.9 Å². The normalized spacial score (nSPS) is 39.9. The Morgan fingerprint density at radius 3 is 1.12 bits per heavy atom. The molecule has 7 heterocycles. The number of rotatable bonds is 35. The van der Waals surface area contributed by atoms with Gasteiger partial charge in [-0.1, -0.05) is 0 Å². The summed E-state index contributed by atoms with van der Waals surface area (Å²) < 4.78 is 353. The first kappa shape index (κ1) is 95.2. The van der Waals surface area contributed by atoms with Crippen LogP contribution in [0.2, 0.25) is 0 Å². The minimum Gasteiger partial charge on any atom is -0.735 e. The van der Waals surface area contributed by atoms with Gasteiger partial charge in [0.25, 0.3) is 0 Å². The molecule has 0 aromatic heterocycles. The molecular weight excluding hydrogens is 1730 g/mol. The number of aliphatic hydroxyl groups is 9. The van der Waals surface area contributed by atoms with Crippen LogP contribution in [0.4, 0.5) is 0 Å². The SMILES string of the molecule is CO[C@@H]1O[C@@H](C(=O)[O-])[C@@H](O[C@H]2O[C@H](COS(=O)(=O)[O-])[C@@H](O[C@@H]3O[C@@H](C(=O)[O-])[C@@H](O[C@H]4O[C@H](COS(=O)(=O)[O-])[C@@H](O[C@@H]5O[C@H](C(=O)[O-])[C@@H](O[C@H]6O[C@H](COS(=O)(=O)[O-])[C@@H](O[C@@H]7OC(C(=O)[O-])=C[C@H](O)[C@H]7O)[C@H](O)[C@H]6NC(C)=O)[C@H](O)[C@H]5O)[C@H](OS(=O)(=O)[O-])[C@H]4NS(=O)(=O)[O-])[C@H](O)[C@H]3OS(=O)(=O)[O-])[C@H](O)[C@H]2NS(=O)(=O)[O-])[C@H](O)[C@H]1O. The van der Waals surface area contributed by atoms with Crippen molar-refractivity contribution in [3.8, 4) is 0 Å². The molecule has 113 heavy (non-hydrogen) atoms. The molecule has 7 aliphatic rings. The van der Waals surface area contributed by atoms with Gasteiger partial charge < -0.3 is 189 Å². The second-order valence-electron chi connectivity index (χ2n) is 23.9. The van der Waals surface area contributed by atoms with E-state index in [1.54, 1.807) is 0 Å². The van der Waals surface area contributed by atoms with Crippen LogP contribution in [0, 0.1) is 0 Å². The molecule has 68 heteroatoms. The molecule has 6 fully saturated rings. The maximum absolute atomic E-state index is 13.1. The largest absolute Gasteiger partial charge is 0.735 e. The molecule has 0 aromatic carbocycles. The summed E-state index contributed by atoms with van der Waals surface area (Å²) in [7, 11) is -43.7. The molecule has 0 bridgehead atoms. The summed E-state index contributed by atoms with van der Waals surface area (Å²) >= 11 is 0. The molecule has 0 radical (unpaired) electrons. The second-order valence-corrected chi connectivity index (χ2v) is 31.3. The number of hydrogen-bond acceptors (Lipinski definition) is 58. The third-order valence-corrected chi connectivity index (χ3v) is 19.5. The van der Waals surface area contributed by atoms with Gasteiger partial charge >= 0.3 is 0 Å². The fraction of sp³-hybridized carbons (Fsp3) is 0.844. The van der Waals surface area contributed by atoms with Gasteiger partial charge in [-0.25, -0.2) is 68.4 Å². The number of aliphatic carboxylic acids is 4. The van der Waals surface area contributed by atoms with Crippen molar-refractivity contribution >= 4 is 102 Å². The van der Waals surface area contributed by atoms with Crippen molar-refractivity contribution in [3.05, 3.63) is 11.8 Å². The monoisotopic (exact) mass is 1790 g/mol. The molecule has 0 spiro atoms. The smallest absolute Gasteiger partial charge is 0.229 e. The van der Waals surface area contributed by atoms with Crippen LogP contribution in [-0.4, -0.2) is 396 Å². The molecule has 0 aliphatic carbocycles. The maximum Gasteiger partial charge on any atom is 0.229 e. The van der Waals surface area contributed by atoms with Crippen molar-refractivity contribution in [2.75, 3.05) is 26.9 Å². The van der Waals surface area contributed by atoms with Crippen molar-refractivity contribution in [1.82, 2.24) is 14.8 Å². The molecule has 12 N–H and O–H groups in total. The minimum atomic E-state index is -6.78. The van der Waals surface area contributed by atoms with E-state index in [1.165, 1.54) is 0 Å². The summed E-state index contributed by atoms with van der Waals surface area (Å²) in [6.45, 7) is -5.22. The third-order valence-electron chi connectivity index (χ3n) is 16.2. The first-order valence-electron chi connectivity index (χ1n) is 30.2. The number of ether oxygens (including phenoxy) is 14. The van der Waals surface area contributed by atoms with Crippen LogP contribution >= 0.6 is 0 Å². The van der Waals surface area contributed by atoms with Gasteiger partial charge in [-0.15, -0.1) is 0 Å². The van der Waals surface area contributed by atoms with Crippen molar-refractivity contribution in [3.63, 3.8) is 0 Å². The molecule has 0 aromatic rings. The van der Waals surface area contributed by atoms with E-state index in [0.29, 0.717) is 13.0 Å². The first-order valence-corrected chi connectivity index (χ1v) is 39.7. The molecule has 1 amide bonds. The molecule has 7 aliphatic heterocycles. The zero-order valence-corrected chi connectivity index (χ0v) is 60.9. The van der Waals surface area contributed by atoms with Crippen LogP contribution in [-0.2, 0) is 184 Å². The van der Waals surface area contributed by atoms with Gasteiger partial charge in [0.15, 0.2) is 64.5 Å². The maximum atomic E-state index is 13.1. The molecule has 6 saturated heterocycles. The van der Waals surface area contributed by atoms with Crippen LogP contribution < -0.4 is 35.2 Å². The van der Waals surface area contributed by atoms with E-state index < -0.39 is 331 Å². The lowest BCUT2D eigenvalue weighted by Gasteiger charge is -2.52. The number of amides is 1. The van der Waals surface area contributed by atoms with E-state index in [9.17, 15) is 181 Å². The third kappa shape index (κ3) is 25.6. The molecular formula is C45H58N3O58S7-11. The Balaban J connectivity index is 1.26. The Morgan fingerprint density at radius 2 is 0.726 bits per heavy atom. The summed E-state index contributed by atoms with van der Waals surface area (Å²) in [4.78, 5) is 62.5. The van der Waals surface area contributed by atoms with Crippen molar-refractivity contribution < 1.29 is 268 Å². The van der Waals surface area contributed by atoms with Gasteiger partial charge in [0.2, 0.25) is 64.2 Å². The molecule has 0 unspecified atom stereocenters. The zero-order valence-electron chi connectivity index (χ0n) is 55.1. The highest BCUT2D eigenvalue weighted by Gasteiger charge is 2.61. The molecule has 7 rings (SSSR count). The second kappa shape index (κ2) is 37.2. The quantitative estimate of drug-likeness (QED) is 0.0207. The highest BCUT2D eigenvalue weighted by atomic mass is 32.3. The average molecular weight is 1790 g/mol. The Kier molecular flexibility index (Phi) is 31.3. The minimum absolute atomic E-state index is 0.367. The van der Waals surface area contributed by atoms with Crippen molar-refractivity contribution in [2.45, 2.75) is 209 Å². The topological polar surface area (TPSA) is 972 Å². The highest BCUT2D eigenvalue weighted by Crippen LogP contribution is 2.40. The first-order chi connectivity index (χ1) is 51.7. The molecule has 654 valence electrons. The number of hydrogen-bond donors (Lipinski definition) is 12. The zero-order chi connectivity index (χ0) is 85.4. The van der Waals surface area contributed by atoms with E-state index in [4.69, 9.17) is 66.3 Å². The number of carboxylic acids is 4. The van der Waals surface area contributed by atoms with Crippen molar-refractivity contribution in [2.24, 2.45) is 0 Å². The van der Waals surface area contributed by atoms with Gasteiger partial charge in [0.1, 0.15) is 164 Å². The van der Waals surface area contributed by atoms with Crippen molar-refractivity contribution in [1.29, 1.82) is 0 Å². The van der Waals surface area contributed by atoms with E-state index in [0.717, 1.165) is 16.6 Å². The number of aliphatic hydroxyl groups excluding tert-OH is 9. The average Bonchev–Trinajstić information content (AvgIpc) is 0.749. The van der Waals surface area contributed by atoms with Crippen LogP contribution in [0.3, 0.4) is 0 Å². The lowest BCUT2D eigenvalue weighted by molar-refractivity contribution is -0.392. The summed E-state index contributed by atoms with van der Waals surface area (Å²) in [5.41, 5.74) is 0. The van der Waals surface area contributed by atoms with E-state index in [1.807, 2.05) is 5.32 Å². The Morgan fingerprint density at radius 1 is 0.381 bits per heavy atom. The van der Waals surface area contributed by atoms with Crippen LogP contribution in [0.1, 0.15) is 6.92 Å². The number of nitrogens with one attached hydrogen (secondary N) is 3. The predicted molar refractivity (Wildman–Crippen MR) is 302 cm³/mol. The standard InChI is InChI=1S/C45H69N3O58S7/c1-7(49)46-13-17(52)24(96-43-16(51)8(50)3-9(92-43)35(59)60)10(4-89-109(73,74)75)93-39(13)99-29-20(55)22(57)44(103-33(29)37(63)64)98-26-12(6-91-111(79,80)81)95-41(15(48-108(70,71)72)27(26)105-112(82,83)84)101-30-23(58)31(106-113(85,86)87)45(104-34(30)38(65)66)97-25-11(5-90-110(76,77)78)94-40(14(18(25)53)47-107(67,68)69)100-28-19(54)21(56)42(88-2)102-32(28)36(61)62/h3,8,10-34,39-45,47-48,50-58H,4-6H2,1-2H3,(H,46,49)(H,59,60)(H,61,62)(H,63,64)(H,65,66)(H,67,68,69)(H,70,71,72)(H,73,74,75)(H,76,77,78)(H,79,80,81)(H,82,83,84)(H,85,86,87)/p-11/t8-,10+,11+,12+,13+,14+,15+,16+,17+,18+,19+,20+,21+,22+,23-,24+,25+,26+,27+,28-,29-,30-,31+,32+,33-,34+,39+,40+,41+,42+,43-,44+,45+/m0/s1. The fourth-order valence-electron chi connectivity index (χ4n) is 11.7. The van der Waals surface area contributed by atoms with Crippen LogP contribution in [0.25, 0.3) is 0 Å². The van der Waals surface area contributed by atoms with E-state index >= 15 is 0 Å². The van der Waals surface area contributed by atoms with E-state index in [-0.39, 0.29) is 0 Å².